The normalized spacial score (nSPS) is 9.76. The molecule has 1 N–H and O–H groups in total. The maximum atomic E-state index is 11.8. The monoisotopic (exact) mass is 338 g/mol. The van der Waals surface area contributed by atoms with Crippen LogP contribution < -0.4 is 10.1 Å². The van der Waals surface area contributed by atoms with Gasteiger partial charge in [-0.3, -0.25) is 9.59 Å². The molecule has 1 amide bonds. The van der Waals surface area contributed by atoms with Gasteiger partial charge in [0.15, 0.2) is 6.61 Å². The van der Waals surface area contributed by atoms with E-state index in [1.807, 2.05) is 0 Å². The molecule has 0 unspecified atom stereocenters. The van der Waals surface area contributed by atoms with Crippen molar-refractivity contribution in [3.8, 4) is 11.8 Å². The molecule has 0 saturated heterocycles. The summed E-state index contributed by atoms with van der Waals surface area (Å²) >= 11 is 0. The van der Waals surface area contributed by atoms with Crippen LogP contribution in [0.25, 0.3) is 0 Å². The summed E-state index contributed by atoms with van der Waals surface area (Å²) in [6.45, 7) is -0.358. The zero-order chi connectivity index (χ0) is 18.1. The summed E-state index contributed by atoms with van der Waals surface area (Å²) in [5, 5.41) is 11.2. The van der Waals surface area contributed by atoms with Crippen molar-refractivity contribution in [1.29, 1.82) is 5.26 Å². The van der Waals surface area contributed by atoms with E-state index < -0.39 is 11.9 Å². The Balaban J connectivity index is 1.78. The van der Waals surface area contributed by atoms with E-state index in [9.17, 15) is 9.59 Å². The van der Waals surface area contributed by atoms with Gasteiger partial charge in [0, 0.05) is 5.69 Å². The Morgan fingerprint density at radius 3 is 2.56 bits per heavy atom. The third kappa shape index (κ3) is 5.99. The number of hydrogen-bond acceptors (Lipinski definition) is 5. The van der Waals surface area contributed by atoms with Crippen molar-refractivity contribution in [3.63, 3.8) is 0 Å². The standard InChI is InChI=1S/C19H18N2O4/c1-24-17-4-2-3-15(11-17)12-19(23)25-13-18(22)21-16-7-5-14(6-8-16)9-10-20/h2-8,11H,9,12-13H2,1H3,(H,21,22). The van der Waals surface area contributed by atoms with Gasteiger partial charge in [-0.05, 0) is 35.4 Å². The molecule has 0 aliphatic rings. The van der Waals surface area contributed by atoms with Gasteiger partial charge in [0.1, 0.15) is 5.75 Å². The molecular formula is C19H18N2O4. The SMILES string of the molecule is COc1cccc(CC(=O)OCC(=O)Nc2ccc(CC#N)cc2)c1. The first-order chi connectivity index (χ1) is 12.1. The molecule has 0 saturated carbocycles. The van der Waals surface area contributed by atoms with Crippen molar-refractivity contribution in [2.45, 2.75) is 12.8 Å². The molecule has 6 heteroatoms. The number of amides is 1. The molecule has 0 heterocycles. The van der Waals surface area contributed by atoms with Gasteiger partial charge in [-0.1, -0.05) is 24.3 Å². The highest BCUT2D eigenvalue weighted by Crippen LogP contribution is 2.13. The molecule has 6 nitrogen and oxygen atoms in total. The number of nitrogens with one attached hydrogen (secondary N) is 1. The van der Waals surface area contributed by atoms with E-state index in [0.717, 1.165) is 11.1 Å². The molecule has 0 radical (unpaired) electrons. The van der Waals surface area contributed by atoms with Crippen LogP contribution in [0.2, 0.25) is 0 Å². The largest absolute Gasteiger partial charge is 0.497 e. The number of benzene rings is 2. The summed E-state index contributed by atoms with van der Waals surface area (Å²) in [6.07, 6.45) is 0.378. The first kappa shape index (κ1) is 18.0. The zero-order valence-corrected chi connectivity index (χ0v) is 13.8. The fourth-order valence-electron chi connectivity index (χ4n) is 2.14. The summed E-state index contributed by atoms with van der Waals surface area (Å²) in [5.41, 5.74) is 2.19. The van der Waals surface area contributed by atoms with Gasteiger partial charge in [-0.15, -0.1) is 0 Å². The number of anilines is 1. The van der Waals surface area contributed by atoms with Crippen LogP contribution in [0.5, 0.6) is 5.75 Å². The summed E-state index contributed by atoms with van der Waals surface area (Å²) in [4.78, 5) is 23.6. The molecule has 0 aliphatic heterocycles. The predicted molar refractivity (Wildman–Crippen MR) is 92.0 cm³/mol. The Hall–Kier alpha value is -3.33. The lowest BCUT2D eigenvalue weighted by atomic mass is 10.1. The van der Waals surface area contributed by atoms with E-state index in [4.69, 9.17) is 14.7 Å². The lowest BCUT2D eigenvalue weighted by Crippen LogP contribution is -2.21. The second kappa shape index (κ2) is 9.08. The Bertz CT molecular complexity index is 779. The first-order valence-corrected chi connectivity index (χ1v) is 7.65. The third-order valence-electron chi connectivity index (χ3n) is 3.37. The van der Waals surface area contributed by atoms with Gasteiger partial charge in [0.05, 0.1) is 26.0 Å². The summed E-state index contributed by atoms with van der Waals surface area (Å²) in [5.74, 6) is -0.261. The van der Waals surface area contributed by atoms with Crippen LogP contribution in [0, 0.1) is 11.3 Å². The van der Waals surface area contributed by atoms with Crippen molar-refractivity contribution < 1.29 is 19.1 Å². The Morgan fingerprint density at radius 2 is 1.88 bits per heavy atom. The van der Waals surface area contributed by atoms with Crippen LogP contribution in [0.1, 0.15) is 11.1 Å². The first-order valence-electron chi connectivity index (χ1n) is 7.65. The quantitative estimate of drug-likeness (QED) is 0.784. The number of ether oxygens (including phenoxy) is 2. The van der Waals surface area contributed by atoms with E-state index in [2.05, 4.69) is 11.4 Å². The minimum atomic E-state index is -0.493. The van der Waals surface area contributed by atoms with E-state index in [1.54, 1.807) is 55.6 Å². The molecule has 0 aliphatic carbocycles. The Kier molecular flexibility index (Phi) is 6.55. The second-order valence-electron chi connectivity index (χ2n) is 5.27. The number of methoxy groups -OCH3 is 1. The molecule has 0 bridgehead atoms. The van der Waals surface area contributed by atoms with Gasteiger partial charge < -0.3 is 14.8 Å². The van der Waals surface area contributed by atoms with E-state index in [0.29, 0.717) is 17.9 Å². The molecule has 25 heavy (non-hydrogen) atoms. The van der Waals surface area contributed by atoms with Gasteiger partial charge in [-0.2, -0.15) is 5.26 Å². The summed E-state index contributed by atoms with van der Waals surface area (Å²) < 4.78 is 10.1. The molecule has 128 valence electrons. The van der Waals surface area contributed by atoms with Crippen molar-refractivity contribution >= 4 is 17.6 Å². The molecule has 2 aromatic rings. The Labute approximate surface area is 146 Å². The van der Waals surface area contributed by atoms with Gasteiger partial charge in [0.25, 0.3) is 5.91 Å². The third-order valence-corrected chi connectivity index (χ3v) is 3.37. The van der Waals surface area contributed by atoms with Crippen LogP contribution in [0.4, 0.5) is 5.69 Å². The fraction of sp³-hybridized carbons (Fsp3) is 0.211. The van der Waals surface area contributed by atoms with E-state index in [-0.39, 0.29) is 13.0 Å². The maximum Gasteiger partial charge on any atom is 0.310 e. The molecule has 0 atom stereocenters. The lowest BCUT2D eigenvalue weighted by molar-refractivity contribution is -0.146. The van der Waals surface area contributed by atoms with Gasteiger partial charge in [0.2, 0.25) is 0 Å². The number of nitrogens with zero attached hydrogens (tertiary/aromatic N) is 1. The molecule has 0 spiro atoms. The fourth-order valence-corrected chi connectivity index (χ4v) is 2.14. The smallest absolute Gasteiger partial charge is 0.310 e. The minimum Gasteiger partial charge on any atom is -0.497 e. The number of nitriles is 1. The van der Waals surface area contributed by atoms with Crippen molar-refractivity contribution in [2.24, 2.45) is 0 Å². The van der Waals surface area contributed by atoms with E-state index in [1.165, 1.54) is 0 Å². The number of carbonyl (C=O) groups is 2. The second-order valence-corrected chi connectivity index (χ2v) is 5.27. The number of carbonyl (C=O) groups excluding carboxylic acids is 2. The highest BCUT2D eigenvalue weighted by molar-refractivity contribution is 5.92. The van der Waals surface area contributed by atoms with Crippen LogP contribution in [0.15, 0.2) is 48.5 Å². The molecule has 0 aromatic heterocycles. The maximum absolute atomic E-state index is 11.8. The van der Waals surface area contributed by atoms with E-state index >= 15 is 0 Å². The molecular weight excluding hydrogens is 320 g/mol. The predicted octanol–water partition coefficient (Wildman–Crippen LogP) is 2.49. The zero-order valence-electron chi connectivity index (χ0n) is 13.8. The summed E-state index contributed by atoms with van der Waals surface area (Å²) in [7, 11) is 1.55. The van der Waals surface area contributed by atoms with Crippen LogP contribution >= 0.6 is 0 Å². The van der Waals surface area contributed by atoms with Crippen molar-refractivity contribution in [3.05, 3.63) is 59.7 Å². The highest BCUT2D eigenvalue weighted by Gasteiger charge is 2.09. The van der Waals surface area contributed by atoms with Gasteiger partial charge >= 0.3 is 5.97 Å². The van der Waals surface area contributed by atoms with Gasteiger partial charge in [-0.25, -0.2) is 0 Å². The average Bonchev–Trinajstić information content (AvgIpc) is 2.62. The van der Waals surface area contributed by atoms with Crippen LogP contribution in [-0.2, 0) is 27.2 Å². The molecule has 0 fully saturated rings. The highest BCUT2D eigenvalue weighted by atomic mass is 16.5. The average molecular weight is 338 g/mol. The molecule has 2 aromatic carbocycles. The Morgan fingerprint density at radius 1 is 1.12 bits per heavy atom. The summed E-state index contributed by atoms with van der Waals surface area (Å²) in [6, 6.07) is 16.0. The minimum absolute atomic E-state index is 0.0628. The lowest BCUT2D eigenvalue weighted by Gasteiger charge is -2.08. The van der Waals surface area contributed by atoms with Crippen LogP contribution in [0.3, 0.4) is 0 Å². The number of esters is 1. The van der Waals surface area contributed by atoms with Crippen LogP contribution in [-0.4, -0.2) is 25.6 Å². The molecule has 2 rings (SSSR count). The number of hydrogen-bond donors (Lipinski definition) is 1. The van der Waals surface area contributed by atoms with Crippen molar-refractivity contribution in [1.82, 2.24) is 0 Å². The number of rotatable bonds is 7. The van der Waals surface area contributed by atoms with Crippen molar-refractivity contribution in [2.75, 3.05) is 19.0 Å². The topological polar surface area (TPSA) is 88.4 Å².